The fourth-order valence-corrected chi connectivity index (χ4v) is 1.55. The van der Waals surface area contributed by atoms with Gasteiger partial charge in [-0.15, -0.1) is 0 Å². The summed E-state index contributed by atoms with van der Waals surface area (Å²) < 4.78 is 2.39. The molecule has 0 aromatic carbocycles. The zero-order chi connectivity index (χ0) is 12.1. The van der Waals surface area contributed by atoms with Gasteiger partial charge in [0.2, 0.25) is 5.91 Å². The summed E-state index contributed by atoms with van der Waals surface area (Å²) in [5.41, 5.74) is 0. The molecule has 2 N–H and O–H groups in total. The Morgan fingerprint density at radius 3 is 2.81 bits per heavy atom. The molecule has 0 aliphatic rings. The first kappa shape index (κ1) is 12.9. The molecule has 0 aliphatic carbocycles. The Morgan fingerprint density at radius 2 is 2.31 bits per heavy atom. The summed E-state index contributed by atoms with van der Waals surface area (Å²) in [6, 6.07) is 0. The number of aromatic amines is 1. The van der Waals surface area contributed by atoms with Crippen LogP contribution in [-0.2, 0) is 11.3 Å². The standard InChI is InChI=1S/C10H18N4OS/c1-7(2)6-11-9(15)4-5-14-8(3)12-13-10(14)16/h7H,4-6H2,1-3H3,(H,11,15)(H,13,16). The molecule has 0 radical (unpaired) electrons. The van der Waals surface area contributed by atoms with Gasteiger partial charge in [-0.05, 0) is 25.1 Å². The highest BCUT2D eigenvalue weighted by Crippen LogP contribution is 1.98. The van der Waals surface area contributed by atoms with Crippen molar-refractivity contribution in [1.29, 1.82) is 0 Å². The predicted octanol–water partition coefficient (Wildman–Crippen LogP) is 1.41. The van der Waals surface area contributed by atoms with E-state index in [1.54, 1.807) is 0 Å². The third-order valence-corrected chi connectivity index (χ3v) is 2.53. The van der Waals surface area contributed by atoms with Crippen molar-refractivity contribution in [3.05, 3.63) is 10.6 Å². The first-order chi connectivity index (χ1) is 7.50. The van der Waals surface area contributed by atoms with Crippen LogP contribution in [0.5, 0.6) is 0 Å². The van der Waals surface area contributed by atoms with Crippen molar-refractivity contribution in [3.8, 4) is 0 Å². The van der Waals surface area contributed by atoms with E-state index in [0.29, 0.717) is 30.2 Å². The average molecular weight is 242 g/mol. The van der Waals surface area contributed by atoms with E-state index in [1.165, 1.54) is 0 Å². The largest absolute Gasteiger partial charge is 0.356 e. The molecule has 0 saturated carbocycles. The summed E-state index contributed by atoms with van der Waals surface area (Å²) in [5, 5.41) is 9.54. The van der Waals surface area contributed by atoms with Crippen molar-refractivity contribution < 1.29 is 4.79 Å². The molecule has 0 unspecified atom stereocenters. The highest BCUT2D eigenvalue weighted by atomic mass is 32.1. The number of carbonyl (C=O) groups is 1. The molecule has 6 heteroatoms. The quantitative estimate of drug-likeness (QED) is 0.767. The highest BCUT2D eigenvalue weighted by molar-refractivity contribution is 7.71. The maximum Gasteiger partial charge on any atom is 0.221 e. The Bertz CT molecular complexity index is 407. The molecule has 0 spiro atoms. The topological polar surface area (TPSA) is 62.7 Å². The van der Waals surface area contributed by atoms with Gasteiger partial charge in [-0.2, -0.15) is 5.10 Å². The molecular weight excluding hydrogens is 224 g/mol. The third kappa shape index (κ3) is 3.77. The monoisotopic (exact) mass is 242 g/mol. The van der Waals surface area contributed by atoms with Crippen molar-refractivity contribution in [2.75, 3.05) is 6.54 Å². The van der Waals surface area contributed by atoms with Crippen LogP contribution < -0.4 is 5.32 Å². The van der Waals surface area contributed by atoms with Gasteiger partial charge in [0, 0.05) is 19.5 Å². The maximum atomic E-state index is 11.5. The van der Waals surface area contributed by atoms with E-state index in [9.17, 15) is 4.79 Å². The fourth-order valence-electron chi connectivity index (χ4n) is 1.28. The first-order valence-corrected chi connectivity index (χ1v) is 5.80. The second-order valence-electron chi connectivity index (χ2n) is 4.18. The number of aryl methyl sites for hydroxylation is 1. The second kappa shape index (κ2) is 5.79. The van der Waals surface area contributed by atoms with Crippen molar-refractivity contribution in [1.82, 2.24) is 20.1 Å². The Kier molecular flexibility index (Phi) is 4.67. The van der Waals surface area contributed by atoms with E-state index >= 15 is 0 Å². The van der Waals surface area contributed by atoms with Crippen LogP contribution >= 0.6 is 12.2 Å². The molecule has 0 fully saturated rings. The van der Waals surface area contributed by atoms with Gasteiger partial charge in [0.1, 0.15) is 5.82 Å². The van der Waals surface area contributed by atoms with E-state index in [0.717, 1.165) is 5.82 Å². The van der Waals surface area contributed by atoms with Gasteiger partial charge in [-0.25, -0.2) is 0 Å². The number of aromatic nitrogens is 3. The maximum absolute atomic E-state index is 11.5. The van der Waals surface area contributed by atoms with Crippen molar-refractivity contribution in [2.24, 2.45) is 5.92 Å². The van der Waals surface area contributed by atoms with Gasteiger partial charge >= 0.3 is 0 Å². The molecule has 5 nitrogen and oxygen atoms in total. The van der Waals surface area contributed by atoms with Crippen LogP contribution in [0, 0.1) is 17.6 Å². The molecule has 0 saturated heterocycles. The van der Waals surface area contributed by atoms with Crippen LogP contribution in [0.25, 0.3) is 0 Å². The number of nitrogens with zero attached hydrogens (tertiary/aromatic N) is 2. The Labute approximate surface area is 100 Å². The second-order valence-corrected chi connectivity index (χ2v) is 4.56. The third-order valence-electron chi connectivity index (χ3n) is 2.22. The molecule has 0 atom stereocenters. The SMILES string of the molecule is Cc1n[nH]c(=S)n1CCC(=O)NCC(C)C. The minimum atomic E-state index is 0.0520. The van der Waals surface area contributed by atoms with Crippen LogP contribution in [0.4, 0.5) is 0 Å². The number of H-pyrrole nitrogens is 1. The Morgan fingerprint density at radius 1 is 1.62 bits per heavy atom. The molecule has 1 heterocycles. The molecule has 1 amide bonds. The highest BCUT2D eigenvalue weighted by Gasteiger charge is 2.05. The summed E-state index contributed by atoms with van der Waals surface area (Å²) in [4.78, 5) is 11.5. The summed E-state index contributed by atoms with van der Waals surface area (Å²) in [6.07, 6.45) is 0.432. The van der Waals surface area contributed by atoms with Gasteiger partial charge in [0.25, 0.3) is 0 Å². The summed E-state index contributed by atoms with van der Waals surface area (Å²) in [6.45, 7) is 7.28. The van der Waals surface area contributed by atoms with Crippen molar-refractivity contribution >= 4 is 18.1 Å². The van der Waals surface area contributed by atoms with E-state index in [2.05, 4.69) is 29.4 Å². The lowest BCUT2D eigenvalue weighted by molar-refractivity contribution is -0.121. The summed E-state index contributed by atoms with van der Waals surface area (Å²) >= 11 is 5.04. The van der Waals surface area contributed by atoms with E-state index in [4.69, 9.17) is 12.2 Å². The lowest BCUT2D eigenvalue weighted by atomic mass is 10.2. The van der Waals surface area contributed by atoms with Crippen LogP contribution in [0.2, 0.25) is 0 Å². The zero-order valence-corrected chi connectivity index (χ0v) is 10.7. The van der Waals surface area contributed by atoms with E-state index in [-0.39, 0.29) is 5.91 Å². The number of hydrogen-bond acceptors (Lipinski definition) is 3. The van der Waals surface area contributed by atoms with E-state index < -0.39 is 0 Å². The smallest absolute Gasteiger partial charge is 0.221 e. The van der Waals surface area contributed by atoms with E-state index in [1.807, 2.05) is 11.5 Å². The molecule has 16 heavy (non-hydrogen) atoms. The first-order valence-electron chi connectivity index (χ1n) is 5.39. The summed E-state index contributed by atoms with van der Waals surface area (Å²) in [5.74, 6) is 1.33. The lowest BCUT2D eigenvalue weighted by Crippen LogP contribution is -2.28. The van der Waals surface area contributed by atoms with Crippen LogP contribution in [0.3, 0.4) is 0 Å². The van der Waals surface area contributed by atoms with Crippen LogP contribution in [0.15, 0.2) is 0 Å². The predicted molar refractivity (Wildman–Crippen MR) is 64.6 cm³/mol. The lowest BCUT2D eigenvalue weighted by Gasteiger charge is -2.08. The molecule has 1 aromatic rings. The fraction of sp³-hybridized carbons (Fsp3) is 0.700. The molecule has 1 aromatic heterocycles. The Balaban J connectivity index is 2.40. The average Bonchev–Trinajstić information content (AvgIpc) is 2.53. The molecule has 0 bridgehead atoms. The molecule has 1 rings (SSSR count). The van der Waals surface area contributed by atoms with Crippen molar-refractivity contribution in [2.45, 2.75) is 33.7 Å². The minimum absolute atomic E-state index is 0.0520. The number of carbonyl (C=O) groups excluding carboxylic acids is 1. The number of amides is 1. The molecule has 0 aliphatic heterocycles. The Hall–Kier alpha value is -1.17. The number of rotatable bonds is 5. The van der Waals surface area contributed by atoms with Gasteiger partial charge in [0.15, 0.2) is 4.77 Å². The number of nitrogens with one attached hydrogen (secondary N) is 2. The van der Waals surface area contributed by atoms with Crippen LogP contribution in [-0.4, -0.2) is 27.2 Å². The van der Waals surface area contributed by atoms with Gasteiger partial charge in [-0.3, -0.25) is 9.89 Å². The van der Waals surface area contributed by atoms with Gasteiger partial charge < -0.3 is 9.88 Å². The molecule has 90 valence electrons. The number of hydrogen-bond donors (Lipinski definition) is 2. The summed E-state index contributed by atoms with van der Waals surface area (Å²) in [7, 11) is 0. The minimum Gasteiger partial charge on any atom is -0.356 e. The van der Waals surface area contributed by atoms with Gasteiger partial charge in [-0.1, -0.05) is 13.8 Å². The van der Waals surface area contributed by atoms with Crippen molar-refractivity contribution in [3.63, 3.8) is 0 Å². The van der Waals surface area contributed by atoms with Crippen LogP contribution in [0.1, 0.15) is 26.1 Å². The normalized spacial score (nSPS) is 10.8. The van der Waals surface area contributed by atoms with Gasteiger partial charge in [0.05, 0.1) is 0 Å². The molecular formula is C10H18N4OS. The zero-order valence-electron chi connectivity index (χ0n) is 9.91.